The fourth-order valence-corrected chi connectivity index (χ4v) is 2.17. The number of dihydropyridines is 1. The standard InChI is InChI=1S/C17H24N2/c1-12-6-9-14(10-7-12)15-11-8-13(2)18-16(15)19-17(3,4)5/h6-7,9-11,13H,8H2,1-5H3,(H,18,19). The van der Waals surface area contributed by atoms with Crippen molar-refractivity contribution in [3.05, 3.63) is 41.5 Å². The maximum atomic E-state index is 4.79. The Bertz CT molecular complexity index is 501. The number of aliphatic imine (C=N–C) groups is 1. The summed E-state index contributed by atoms with van der Waals surface area (Å²) in [6.45, 7) is 10.8. The summed E-state index contributed by atoms with van der Waals surface area (Å²) in [7, 11) is 0. The molecule has 1 aromatic carbocycles. The minimum atomic E-state index is 0.0275. The summed E-state index contributed by atoms with van der Waals surface area (Å²) in [5.41, 5.74) is 3.79. The van der Waals surface area contributed by atoms with Crippen molar-refractivity contribution in [1.29, 1.82) is 0 Å². The highest BCUT2D eigenvalue weighted by atomic mass is 15.1. The predicted octanol–water partition coefficient (Wildman–Crippen LogP) is 3.96. The molecule has 0 radical (unpaired) electrons. The summed E-state index contributed by atoms with van der Waals surface area (Å²) in [5, 5.41) is 3.53. The lowest BCUT2D eigenvalue weighted by Crippen LogP contribution is -2.42. The zero-order chi connectivity index (χ0) is 14.0. The van der Waals surface area contributed by atoms with Gasteiger partial charge in [-0.2, -0.15) is 0 Å². The molecule has 1 aromatic rings. The van der Waals surface area contributed by atoms with Gasteiger partial charge in [0.05, 0.1) is 6.04 Å². The van der Waals surface area contributed by atoms with Crippen molar-refractivity contribution < 1.29 is 0 Å². The first-order valence-corrected chi connectivity index (χ1v) is 6.99. The third-order valence-electron chi connectivity index (χ3n) is 3.12. The number of benzene rings is 1. The lowest BCUT2D eigenvalue weighted by Gasteiger charge is -2.28. The van der Waals surface area contributed by atoms with Crippen LogP contribution < -0.4 is 5.32 Å². The third kappa shape index (κ3) is 3.69. The van der Waals surface area contributed by atoms with E-state index in [9.17, 15) is 0 Å². The van der Waals surface area contributed by atoms with Crippen molar-refractivity contribution in [3.63, 3.8) is 0 Å². The molecule has 1 atom stereocenters. The molecule has 0 spiro atoms. The number of hydrogen-bond acceptors (Lipinski definition) is 2. The number of rotatable bonds is 1. The van der Waals surface area contributed by atoms with Crippen molar-refractivity contribution in [2.75, 3.05) is 0 Å². The number of amidine groups is 1. The summed E-state index contributed by atoms with van der Waals surface area (Å²) in [6.07, 6.45) is 3.31. The lowest BCUT2D eigenvalue weighted by molar-refractivity contribution is 0.510. The van der Waals surface area contributed by atoms with Crippen molar-refractivity contribution in [1.82, 2.24) is 5.32 Å². The average Bonchev–Trinajstić information content (AvgIpc) is 2.29. The van der Waals surface area contributed by atoms with Gasteiger partial charge in [0.2, 0.25) is 0 Å². The van der Waals surface area contributed by atoms with E-state index < -0.39 is 0 Å². The monoisotopic (exact) mass is 256 g/mol. The molecule has 0 aliphatic carbocycles. The van der Waals surface area contributed by atoms with E-state index in [0.29, 0.717) is 6.04 Å². The van der Waals surface area contributed by atoms with Crippen LogP contribution in [0.2, 0.25) is 0 Å². The lowest BCUT2D eigenvalue weighted by atomic mass is 9.97. The Morgan fingerprint density at radius 1 is 1.16 bits per heavy atom. The Morgan fingerprint density at radius 3 is 2.37 bits per heavy atom. The topological polar surface area (TPSA) is 24.4 Å². The van der Waals surface area contributed by atoms with Crippen LogP contribution >= 0.6 is 0 Å². The zero-order valence-electron chi connectivity index (χ0n) is 12.6. The first kappa shape index (κ1) is 13.9. The average molecular weight is 256 g/mol. The molecule has 1 aliphatic rings. The Hall–Kier alpha value is -1.57. The summed E-state index contributed by atoms with van der Waals surface area (Å²) >= 11 is 0. The molecular formula is C17H24N2. The molecule has 1 aliphatic heterocycles. The Labute approximate surface area is 116 Å². The van der Waals surface area contributed by atoms with Crippen LogP contribution in [0.4, 0.5) is 0 Å². The Balaban J connectivity index is 2.32. The van der Waals surface area contributed by atoms with Gasteiger partial charge in [-0.05, 0) is 46.6 Å². The Morgan fingerprint density at radius 2 is 1.79 bits per heavy atom. The van der Waals surface area contributed by atoms with E-state index in [4.69, 9.17) is 4.99 Å². The van der Waals surface area contributed by atoms with Gasteiger partial charge in [0.15, 0.2) is 0 Å². The highest BCUT2D eigenvalue weighted by Gasteiger charge is 2.20. The van der Waals surface area contributed by atoms with E-state index in [-0.39, 0.29) is 5.54 Å². The van der Waals surface area contributed by atoms with Crippen LogP contribution in [0.15, 0.2) is 35.3 Å². The molecule has 0 bridgehead atoms. The first-order chi connectivity index (χ1) is 8.85. The van der Waals surface area contributed by atoms with Gasteiger partial charge >= 0.3 is 0 Å². The van der Waals surface area contributed by atoms with Crippen LogP contribution in [0.1, 0.15) is 45.2 Å². The van der Waals surface area contributed by atoms with E-state index >= 15 is 0 Å². The smallest absolute Gasteiger partial charge is 0.129 e. The first-order valence-electron chi connectivity index (χ1n) is 6.99. The molecule has 2 rings (SSSR count). The molecule has 1 N–H and O–H groups in total. The quantitative estimate of drug-likeness (QED) is 0.808. The van der Waals surface area contributed by atoms with Crippen LogP contribution in [-0.2, 0) is 0 Å². The molecule has 0 amide bonds. The molecule has 2 heteroatoms. The molecule has 1 heterocycles. The van der Waals surface area contributed by atoms with Gasteiger partial charge in [-0.25, -0.2) is 0 Å². The number of nitrogens with one attached hydrogen (secondary N) is 1. The van der Waals surface area contributed by atoms with E-state index in [1.165, 1.54) is 16.7 Å². The number of nitrogens with zero attached hydrogens (tertiary/aromatic N) is 1. The molecule has 0 fully saturated rings. The van der Waals surface area contributed by atoms with Crippen LogP contribution in [0, 0.1) is 6.92 Å². The SMILES string of the molecule is Cc1ccc(C2=CCC(C)N=C2NC(C)(C)C)cc1. The van der Waals surface area contributed by atoms with Crippen LogP contribution in [0.25, 0.3) is 5.57 Å². The second-order valence-corrected chi connectivity index (χ2v) is 6.42. The van der Waals surface area contributed by atoms with Gasteiger partial charge in [0.25, 0.3) is 0 Å². The van der Waals surface area contributed by atoms with Gasteiger partial charge in [-0.1, -0.05) is 35.9 Å². The molecule has 1 unspecified atom stereocenters. The minimum absolute atomic E-state index is 0.0275. The molecule has 0 saturated heterocycles. The highest BCUT2D eigenvalue weighted by Crippen LogP contribution is 2.23. The van der Waals surface area contributed by atoms with Crippen molar-refractivity contribution in [2.45, 2.75) is 52.6 Å². The normalized spacial score (nSPS) is 19.7. The Kier molecular flexibility index (Phi) is 3.79. The van der Waals surface area contributed by atoms with Crippen molar-refractivity contribution in [2.24, 2.45) is 4.99 Å². The van der Waals surface area contributed by atoms with Gasteiger partial charge < -0.3 is 5.32 Å². The van der Waals surface area contributed by atoms with E-state index in [2.05, 4.69) is 70.3 Å². The summed E-state index contributed by atoms with van der Waals surface area (Å²) in [6, 6.07) is 9.03. The maximum absolute atomic E-state index is 4.79. The largest absolute Gasteiger partial charge is 0.365 e. The molecule has 102 valence electrons. The zero-order valence-corrected chi connectivity index (χ0v) is 12.6. The van der Waals surface area contributed by atoms with Crippen LogP contribution in [0.3, 0.4) is 0 Å². The van der Waals surface area contributed by atoms with E-state index in [1.807, 2.05) is 0 Å². The summed E-state index contributed by atoms with van der Waals surface area (Å²) in [5.74, 6) is 1.02. The predicted molar refractivity (Wildman–Crippen MR) is 83.6 cm³/mol. The fourth-order valence-electron chi connectivity index (χ4n) is 2.17. The van der Waals surface area contributed by atoms with E-state index in [1.54, 1.807) is 0 Å². The van der Waals surface area contributed by atoms with Crippen molar-refractivity contribution in [3.8, 4) is 0 Å². The fraction of sp³-hybridized carbons (Fsp3) is 0.471. The van der Waals surface area contributed by atoms with Gasteiger partial charge in [-0.15, -0.1) is 0 Å². The van der Waals surface area contributed by atoms with Gasteiger partial charge in [0.1, 0.15) is 5.84 Å². The second-order valence-electron chi connectivity index (χ2n) is 6.42. The molecular weight excluding hydrogens is 232 g/mol. The summed E-state index contributed by atoms with van der Waals surface area (Å²) < 4.78 is 0. The van der Waals surface area contributed by atoms with Crippen LogP contribution in [-0.4, -0.2) is 17.4 Å². The number of hydrogen-bond donors (Lipinski definition) is 1. The molecule has 19 heavy (non-hydrogen) atoms. The van der Waals surface area contributed by atoms with Crippen LogP contribution in [0.5, 0.6) is 0 Å². The number of aryl methyl sites for hydroxylation is 1. The highest BCUT2D eigenvalue weighted by molar-refractivity contribution is 6.23. The minimum Gasteiger partial charge on any atom is -0.365 e. The summed E-state index contributed by atoms with van der Waals surface area (Å²) in [4.78, 5) is 4.79. The van der Waals surface area contributed by atoms with E-state index in [0.717, 1.165) is 12.3 Å². The molecule has 2 nitrogen and oxygen atoms in total. The molecule has 0 aromatic heterocycles. The van der Waals surface area contributed by atoms with Gasteiger partial charge in [-0.3, -0.25) is 4.99 Å². The molecule has 0 saturated carbocycles. The van der Waals surface area contributed by atoms with Crippen molar-refractivity contribution >= 4 is 11.4 Å². The third-order valence-corrected chi connectivity index (χ3v) is 3.12. The second kappa shape index (κ2) is 5.20. The maximum Gasteiger partial charge on any atom is 0.129 e. The van der Waals surface area contributed by atoms with Gasteiger partial charge in [0, 0.05) is 11.1 Å².